The molecular weight excluding hydrogens is 737 g/mol. The zero-order valence-electron chi connectivity index (χ0n) is 34.7. The first kappa shape index (κ1) is 34.6. The Bertz CT molecular complexity index is 3630. The quantitative estimate of drug-likeness (QED) is 0.163. The maximum absolute atomic E-state index is 6.66. The van der Waals surface area contributed by atoms with Crippen LogP contribution in [0, 0.1) is 0 Å². The number of rotatable bonds is 3. The van der Waals surface area contributed by atoms with Crippen molar-refractivity contribution in [2.45, 2.75) is 38.5 Å². The van der Waals surface area contributed by atoms with Crippen molar-refractivity contribution in [1.82, 2.24) is 0 Å². The van der Waals surface area contributed by atoms with Gasteiger partial charge in [0, 0.05) is 27.0 Å². The van der Waals surface area contributed by atoms with Crippen LogP contribution in [0.5, 0.6) is 0 Å². The molecule has 61 heavy (non-hydrogen) atoms. The van der Waals surface area contributed by atoms with Crippen molar-refractivity contribution >= 4 is 54.3 Å². The highest BCUT2D eigenvalue weighted by Gasteiger charge is 2.38. The average molecular weight is 779 g/mol. The van der Waals surface area contributed by atoms with Gasteiger partial charge in [0.2, 0.25) is 0 Å². The summed E-state index contributed by atoms with van der Waals surface area (Å²) >= 11 is 0. The largest absolute Gasteiger partial charge is 0.455 e. The van der Waals surface area contributed by atoms with Gasteiger partial charge in [0.1, 0.15) is 11.2 Å². The van der Waals surface area contributed by atoms with Gasteiger partial charge in [0.05, 0.1) is 0 Å². The molecule has 10 aromatic carbocycles. The maximum Gasteiger partial charge on any atom is 0.143 e. The van der Waals surface area contributed by atoms with Crippen LogP contribution in [0.15, 0.2) is 186 Å². The van der Waals surface area contributed by atoms with E-state index in [0.29, 0.717) is 0 Å². The van der Waals surface area contributed by atoms with Gasteiger partial charge in [-0.15, -0.1) is 0 Å². The van der Waals surface area contributed by atoms with E-state index in [4.69, 9.17) is 4.42 Å². The van der Waals surface area contributed by atoms with E-state index in [2.05, 4.69) is 210 Å². The minimum atomic E-state index is -0.175. The highest BCUT2D eigenvalue weighted by atomic mass is 16.3. The van der Waals surface area contributed by atoms with Gasteiger partial charge in [-0.05, 0) is 141 Å². The molecule has 0 amide bonds. The van der Waals surface area contributed by atoms with Gasteiger partial charge in [0.25, 0.3) is 0 Å². The Labute approximate surface area is 355 Å². The molecule has 1 aromatic heterocycles. The fraction of sp³-hybridized carbons (Fsp3) is 0.100. The van der Waals surface area contributed by atoms with Gasteiger partial charge in [-0.3, -0.25) is 0 Å². The van der Waals surface area contributed by atoms with Crippen molar-refractivity contribution < 1.29 is 4.42 Å². The van der Waals surface area contributed by atoms with E-state index in [1.165, 1.54) is 116 Å². The first-order valence-corrected chi connectivity index (χ1v) is 21.6. The fourth-order valence-corrected chi connectivity index (χ4v) is 11.4. The summed E-state index contributed by atoms with van der Waals surface area (Å²) in [4.78, 5) is 0. The molecule has 0 N–H and O–H groups in total. The van der Waals surface area contributed by atoms with E-state index in [1.54, 1.807) is 0 Å². The summed E-state index contributed by atoms with van der Waals surface area (Å²) in [6.45, 7) is 9.53. The summed E-state index contributed by atoms with van der Waals surface area (Å²) in [6.07, 6.45) is 0. The second-order valence-corrected chi connectivity index (χ2v) is 18.4. The van der Waals surface area contributed by atoms with Gasteiger partial charge < -0.3 is 4.42 Å². The number of furan rings is 1. The lowest BCUT2D eigenvalue weighted by Crippen LogP contribution is -2.15. The van der Waals surface area contributed by atoms with Gasteiger partial charge in [-0.2, -0.15) is 0 Å². The lowest BCUT2D eigenvalue weighted by molar-refractivity contribution is 0.649. The molecule has 1 heterocycles. The Morgan fingerprint density at radius 3 is 1.51 bits per heavy atom. The van der Waals surface area contributed by atoms with Crippen LogP contribution in [-0.4, -0.2) is 0 Å². The summed E-state index contributed by atoms with van der Waals surface area (Å²) in [5, 5.41) is 9.87. The molecule has 0 atom stereocenters. The standard InChI is InChI=1S/C60H42O/c1-59(2)51-29-25-37(38-23-26-42-49-33-50-47-28-22-35-14-8-9-17-40(35)58(47)61-55(50)34-54(49)60(3,4)52(42)31-38)30-48(51)41-27-24-39(32-53(41)59)57-45-20-12-10-18-43(45)56(36-15-6-5-7-16-36)44-19-11-13-21-46(44)57/h5-34H,1-4H3. The molecule has 0 saturated carbocycles. The highest BCUT2D eigenvalue weighted by Crippen LogP contribution is 2.54. The topological polar surface area (TPSA) is 13.1 Å². The molecule has 1 nitrogen and oxygen atoms in total. The van der Waals surface area contributed by atoms with Crippen LogP contribution < -0.4 is 0 Å². The third kappa shape index (κ3) is 4.72. The highest BCUT2D eigenvalue weighted by molar-refractivity contribution is 6.21. The molecule has 288 valence electrons. The van der Waals surface area contributed by atoms with Crippen molar-refractivity contribution in [2.24, 2.45) is 0 Å². The van der Waals surface area contributed by atoms with Crippen molar-refractivity contribution in [3.63, 3.8) is 0 Å². The molecule has 0 aliphatic heterocycles. The Kier molecular flexibility index (Phi) is 6.91. The summed E-state index contributed by atoms with van der Waals surface area (Å²) < 4.78 is 6.66. The van der Waals surface area contributed by atoms with Gasteiger partial charge in [-0.1, -0.05) is 173 Å². The zero-order chi connectivity index (χ0) is 40.8. The molecule has 2 aliphatic carbocycles. The number of fused-ring (bicyclic) bond motifs is 13. The Morgan fingerprint density at radius 2 is 0.820 bits per heavy atom. The van der Waals surface area contributed by atoms with E-state index in [0.717, 1.165) is 16.6 Å². The van der Waals surface area contributed by atoms with Crippen molar-refractivity contribution in [1.29, 1.82) is 0 Å². The molecular formula is C60H42O. The first-order chi connectivity index (χ1) is 29.8. The number of hydrogen-bond acceptors (Lipinski definition) is 1. The van der Waals surface area contributed by atoms with Gasteiger partial charge in [-0.25, -0.2) is 0 Å². The lowest BCUT2D eigenvalue weighted by Gasteiger charge is -2.23. The van der Waals surface area contributed by atoms with E-state index in [1.807, 2.05) is 0 Å². The number of benzene rings is 10. The minimum absolute atomic E-state index is 0.149. The third-order valence-corrected chi connectivity index (χ3v) is 14.4. The second kappa shape index (κ2) is 12.2. The van der Waals surface area contributed by atoms with Crippen LogP contribution in [0.4, 0.5) is 0 Å². The minimum Gasteiger partial charge on any atom is -0.455 e. The molecule has 0 radical (unpaired) electrons. The lowest BCUT2D eigenvalue weighted by atomic mass is 9.80. The normalized spacial score (nSPS) is 14.5. The number of hydrogen-bond donors (Lipinski definition) is 0. The Hall–Kier alpha value is -7.22. The van der Waals surface area contributed by atoms with Crippen LogP contribution in [0.2, 0.25) is 0 Å². The van der Waals surface area contributed by atoms with Gasteiger partial charge >= 0.3 is 0 Å². The molecule has 0 unspecified atom stereocenters. The van der Waals surface area contributed by atoms with E-state index < -0.39 is 0 Å². The van der Waals surface area contributed by atoms with Crippen molar-refractivity contribution in [2.75, 3.05) is 0 Å². The summed E-state index contributed by atoms with van der Waals surface area (Å²) in [6, 6.07) is 68.0. The molecule has 0 spiro atoms. The molecule has 0 bridgehead atoms. The van der Waals surface area contributed by atoms with E-state index in [-0.39, 0.29) is 10.8 Å². The molecule has 0 fully saturated rings. The van der Waals surface area contributed by atoms with Crippen LogP contribution in [0.1, 0.15) is 49.9 Å². The van der Waals surface area contributed by atoms with Crippen LogP contribution in [0.3, 0.4) is 0 Å². The first-order valence-electron chi connectivity index (χ1n) is 21.6. The molecule has 1 heteroatoms. The van der Waals surface area contributed by atoms with Crippen LogP contribution >= 0.6 is 0 Å². The monoisotopic (exact) mass is 778 g/mol. The van der Waals surface area contributed by atoms with Crippen LogP contribution in [0.25, 0.3) is 110 Å². The predicted octanol–water partition coefficient (Wildman–Crippen LogP) is 16.7. The van der Waals surface area contributed by atoms with E-state index >= 15 is 0 Å². The molecule has 11 aromatic rings. The molecule has 13 rings (SSSR count). The van der Waals surface area contributed by atoms with Crippen molar-refractivity contribution in [3.05, 3.63) is 204 Å². The van der Waals surface area contributed by atoms with Gasteiger partial charge in [0.15, 0.2) is 0 Å². The zero-order valence-corrected chi connectivity index (χ0v) is 34.7. The predicted molar refractivity (Wildman–Crippen MR) is 258 cm³/mol. The fourth-order valence-electron chi connectivity index (χ4n) is 11.4. The molecule has 2 aliphatic rings. The third-order valence-electron chi connectivity index (χ3n) is 14.4. The smallest absolute Gasteiger partial charge is 0.143 e. The Balaban J connectivity index is 0.919. The second-order valence-electron chi connectivity index (χ2n) is 18.4. The van der Waals surface area contributed by atoms with E-state index in [9.17, 15) is 0 Å². The Morgan fingerprint density at radius 1 is 0.311 bits per heavy atom. The summed E-state index contributed by atoms with van der Waals surface area (Å²) in [5.41, 5.74) is 20.0. The summed E-state index contributed by atoms with van der Waals surface area (Å²) in [5.74, 6) is 0. The van der Waals surface area contributed by atoms with Crippen LogP contribution in [-0.2, 0) is 10.8 Å². The summed E-state index contributed by atoms with van der Waals surface area (Å²) in [7, 11) is 0. The van der Waals surface area contributed by atoms with Crippen molar-refractivity contribution in [3.8, 4) is 55.6 Å². The SMILES string of the molecule is CC1(C)c2ccc(-c3ccc4c(c3)C(C)(C)c3cc5oc6c7ccccc7ccc6c5cc3-4)cc2-c2ccc(-c3c4ccccc4c(-c4ccccc4)c4ccccc34)cc21. The average Bonchev–Trinajstić information content (AvgIpc) is 3.86. The maximum atomic E-state index is 6.66. The molecule has 0 saturated heterocycles.